The maximum Gasteiger partial charge on any atom is 0.416 e. The smallest absolute Gasteiger partial charge is 0.416 e. The minimum Gasteiger partial charge on any atom is -0.493 e. The first-order valence-corrected chi connectivity index (χ1v) is 10.8. The van der Waals surface area contributed by atoms with Gasteiger partial charge in [0.25, 0.3) is 0 Å². The first-order valence-electron chi connectivity index (χ1n) is 10.8. The number of nitrogens with zero attached hydrogens (tertiary/aromatic N) is 4. The maximum absolute atomic E-state index is 12.8. The Bertz CT molecular complexity index is 1020. The highest BCUT2D eigenvalue weighted by atomic mass is 19.4. The molecular formula is C23H26F3N5O. The standard InChI is InChI=1S/C23H26F3N5O/c1-2-22-27-13-16(14-28-22)15-31-9-4-7-21(31)20-12-18(29-30-20)8-10-32-19-6-3-5-17(11-19)23(24,25)26/h3,5-6,11-14,21H,2,4,7-10,15H2,1H3,(H,29,30)/t21-/m0/s1. The van der Waals surface area contributed by atoms with Crippen LogP contribution in [-0.2, 0) is 25.6 Å². The van der Waals surface area contributed by atoms with Crippen molar-refractivity contribution >= 4 is 0 Å². The minimum atomic E-state index is -4.38. The fraction of sp³-hybridized carbons (Fsp3) is 0.435. The van der Waals surface area contributed by atoms with Crippen molar-refractivity contribution in [3.8, 4) is 5.75 Å². The van der Waals surface area contributed by atoms with Crippen molar-refractivity contribution in [2.24, 2.45) is 0 Å². The summed E-state index contributed by atoms with van der Waals surface area (Å²) in [6.45, 7) is 4.06. The van der Waals surface area contributed by atoms with Crippen molar-refractivity contribution in [1.29, 1.82) is 0 Å². The van der Waals surface area contributed by atoms with Gasteiger partial charge in [0.15, 0.2) is 0 Å². The number of likely N-dealkylation sites (tertiary alicyclic amines) is 1. The molecule has 1 saturated heterocycles. The van der Waals surface area contributed by atoms with E-state index < -0.39 is 11.7 Å². The molecule has 3 aromatic rings. The van der Waals surface area contributed by atoms with Crippen LogP contribution in [0.15, 0.2) is 42.7 Å². The molecule has 32 heavy (non-hydrogen) atoms. The Kier molecular flexibility index (Phi) is 6.74. The van der Waals surface area contributed by atoms with Gasteiger partial charge in [0.05, 0.1) is 23.9 Å². The summed E-state index contributed by atoms with van der Waals surface area (Å²) < 4.78 is 44.0. The van der Waals surface area contributed by atoms with E-state index in [-0.39, 0.29) is 18.4 Å². The number of nitrogens with one attached hydrogen (secondary N) is 1. The molecule has 6 nitrogen and oxygen atoms in total. The van der Waals surface area contributed by atoms with Crippen molar-refractivity contribution < 1.29 is 17.9 Å². The zero-order valence-electron chi connectivity index (χ0n) is 17.9. The van der Waals surface area contributed by atoms with Gasteiger partial charge < -0.3 is 4.74 Å². The van der Waals surface area contributed by atoms with Crippen molar-refractivity contribution in [2.75, 3.05) is 13.2 Å². The lowest BCUT2D eigenvalue weighted by atomic mass is 10.1. The Labute approximate surface area is 184 Å². The molecule has 0 aliphatic carbocycles. The minimum absolute atomic E-state index is 0.206. The molecular weight excluding hydrogens is 419 g/mol. The highest BCUT2D eigenvalue weighted by Gasteiger charge is 2.31. The van der Waals surface area contributed by atoms with Crippen LogP contribution in [0.3, 0.4) is 0 Å². The lowest BCUT2D eigenvalue weighted by Crippen LogP contribution is -2.23. The van der Waals surface area contributed by atoms with Crippen LogP contribution in [-0.4, -0.2) is 38.2 Å². The fourth-order valence-corrected chi connectivity index (χ4v) is 3.95. The number of ether oxygens (including phenoxy) is 1. The van der Waals surface area contributed by atoms with E-state index in [1.54, 1.807) is 0 Å². The summed E-state index contributed by atoms with van der Waals surface area (Å²) in [5.41, 5.74) is 2.24. The molecule has 4 rings (SSSR count). The van der Waals surface area contributed by atoms with Gasteiger partial charge in [0.1, 0.15) is 11.6 Å². The number of alkyl halides is 3. The largest absolute Gasteiger partial charge is 0.493 e. The third-order valence-corrected chi connectivity index (χ3v) is 5.62. The van der Waals surface area contributed by atoms with Crippen LogP contribution in [0, 0.1) is 0 Å². The second-order valence-electron chi connectivity index (χ2n) is 7.93. The van der Waals surface area contributed by atoms with Crippen LogP contribution in [0.4, 0.5) is 13.2 Å². The van der Waals surface area contributed by atoms with Crippen LogP contribution < -0.4 is 4.74 Å². The number of hydrogen-bond acceptors (Lipinski definition) is 5. The third kappa shape index (κ3) is 5.45. The number of H-pyrrole nitrogens is 1. The summed E-state index contributed by atoms with van der Waals surface area (Å²) in [5, 5.41) is 7.53. The number of aromatic nitrogens is 4. The average Bonchev–Trinajstić information content (AvgIpc) is 3.43. The predicted molar refractivity (Wildman–Crippen MR) is 113 cm³/mol. The van der Waals surface area contributed by atoms with Crippen LogP contribution in [0.1, 0.15) is 54.1 Å². The molecule has 2 aromatic heterocycles. The topological polar surface area (TPSA) is 66.9 Å². The van der Waals surface area contributed by atoms with E-state index >= 15 is 0 Å². The molecule has 0 saturated carbocycles. The van der Waals surface area contributed by atoms with Gasteiger partial charge in [-0.1, -0.05) is 13.0 Å². The number of halogens is 3. The van der Waals surface area contributed by atoms with Gasteiger partial charge in [-0.25, -0.2) is 9.97 Å². The van der Waals surface area contributed by atoms with E-state index in [1.807, 2.05) is 25.4 Å². The molecule has 1 N–H and O–H groups in total. The van der Waals surface area contributed by atoms with Gasteiger partial charge in [0, 0.05) is 43.0 Å². The second kappa shape index (κ2) is 9.68. The highest BCUT2D eigenvalue weighted by Crippen LogP contribution is 2.33. The Hall–Kier alpha value is -2.94. The summed E-state index contributed by atoms with van der Waals surface area (Å²) in [5.74, 6) is 1.05. The Balaban J connectivity index is 1.32. The Morgan fingerprint density at radius 3 is 2.75 bits per heavy atom. The number of aromatic amines is 1. The summed E-state index contributed by atoms with van der Waals surface area (Å²) in [7, 11) is 0. The molecule has 0 spiro atoms. The molecule has 1 fully saturated rings. The predicted octanol–water partition coefficient (Wildman–Crippen LogP) is 4.74. The van der Waals surface area contributed by atoms with Gasteiger partial charge in [0.2, 0.25) is 0 Å². The van der Waals surface area contributed by atoms with Crippen molar-refractivity contribution in [3.63, 3.8) is 0 Å². The number of benzene rings is 1. The van der Waals surface area contributed by atoms with Gasteiger partial charge >= 0.3 is 6.18 Å². The van der Waals surface area contributed by atoms with E-state index in [9.17, 15) is 13.2 Å². The number of aryl methyl sites for hydroxylation is 1. The zero-order chi connectivity index (χ0) is 22.6. The molecule has 0 bridgehead atoms. The zero-order valence-corrected chi connectivity index (χ0v) is 17.9. The number of hydrogen-bond donors (Lipinski definition) is 1. The van der Waals surface area contributed by atoms with E-state index in [4.69, 9.17) is 4.74 Å². The van der Waals surface area contributed by atoms with Crippen LogP contribution in [0.5, 0.6) is 5.75 Å². The van der Waals surface area contributed by atoms with Gasteiger partial charge in [-0.15, -0.1) is 0 Å². The van der Waals surface area contributed by atoms with Crippen LogP contribution in [0.2, 0.25) is 0 Å². The number of rotatable bonds is 8. The summed E-state index contributed by atoms with van der Waals surface area (Å²) in [4.78, 5) is 11.1. The lowest BCUT2D eigenvalue weighted by molar-refractivity contribution is -0.137. The molecule has 170 valence electrons. The summed E-state index contributed by atoms with van der Waals surface area (Å²) >= 11 is 0. The SMILES string of the molecule is CCc1ncc(CN2CCC[C@H]2c2cc(CCOc3cccc(C(F)(F)F)c3)[nH]n2)cn1. The normalized spacial score (nSPS) is 17.1. The molecule has 0 amide bonds. The average molecular weight is 445 g/mol. The second-order valence-corrected chi connectivity index (χ2v) is 7.93. The summed E-state index contributed by atoms with van der Waals surface area (Å²) in [6.07, 6.45) is 2.88. The fourth-order valence-electron chi connectivity index (χ4n) is 3.95. The first kappa shape index (κ1) is 22.3. The quantitative estimate of drug-likeness (QED) is 0.543. The molecule has 1 aliphatic rings. The molecule has 1 atom stereocenters. The Morgan fingerprint density at radius 1 is 1.19 bits per heavy atom. The monoisotopic (exact) mass is 445 g/mol. The van der Waals surface area contributed by atoms with E-state index in [2.05, 4.69) is 25.1 Å². The lowest BCUT2D eigenvalue weighted by Gasteiger charge is -2.22. The van der Waals surface area contributed by atoms with Gasteiger partial charge in [-0.2, -0.15) is 18.3 Å². The first-order chi connectivity index (χ1) is 15.4. The molecule has 0 radical (unpaired) electrons. The van der Waals surface area contributed by atoms with E-state index in [0.29, 0.717) is 6.42 Å². The van der Waals surface area contributed by atoms with Crippen molar-refractivity contribution in [2.45, 2.75) is 51.4 Å². The van der Waals surface area contributed by atoms with Crippen molar-refractivity contribution in [3.05, 3.63) is 71.1 Å². The van der Waals surface area contributed by atoms with Gasteiger partial charge in [-0.3, -0.25) is 10.00 Å². The van der Waals surface area contributed by atoms with Crippen LogP contribution >= 0.6 is 0 Å². The molecule has 3 heterocycles. The molecule has 1 aromatic carbocycles. The van der Waals surface area contributed by atoms with E-state index in [0.717, 1.165) is 67.3 Å². The molecule has 0 unspecified atom stereocenters. The third-order valence-electron chi connectivity index (χ3n) is 5.62. The summed E-state index contributed by atoms with van der Waals surface area (Å²) in [6, 6.07) is 7.17. The van der Waals surface area contributed by atoms with Crippen LogP contribution in [0.25, 0.3) is 0 Å². The van der Waals surface area contributed by atoms with Crippen molar-refractivity contribution in [1.82, 2.24) is 25.1 Å². The highest BCUT2D eigenvalue weighted by molar-refractivity contribution is 5.30. The van der Waals surface area contributed by atoms with E-state index in [1.165, 1.54) is 12.1 Å². The molecule has 1 aliphatic heterocycles. The van der Waals surface area contributed by atoms with Gasteiger partial charge in [-0.05, 0) is 43.7 Å². The Morgan fingerprint density at radius 2 is 2.00 bits per heavy atom. The maximum atomic E-state index is 12.8. The molecule has 9 heteroatoms.